The number of nitrogens with zero attached hydrogens (tertiary/aromatic N) is 4. The van der Waals surface area contributed by atoms with Crippen LogP contribution in [0.2, 0.25) is 0 Å². The number of benzene rings is 1. The van der Waals surface area contributed by atoms with Crippen molar-refractivity contribution in [3.63, 3.8) is 0 Å². The standard InChI is InChI=1S/C24H24N6O2/c1-16(31)27-22-15-30-14-18(4-7-23(30)28-22)19-12-21(24(25)26-13-19)17-2-5-20(6-3-17)29-8-10-32-11-9-29/h2-7,12-15H,8-11H2,1H3,(H2,25,26)(H,27,31). The second-order valence-electron chi connectivity index (χ2n) is 7.79. The lowest BCUT2D eigenvalue weighted by Gasteiger charge is -2.29. The Hall–Kier alpha value is -3.91. The molecule has 1 aliphatic heterocycles. The van der Waals surface area contributed by atoms with Crippen LogP contribution in [0.4, 0.5) is 17.3 Å². The van der Waals surface area contributed by atoms with E-state index in [4.69, 9.17) is 10.5 Å². The van der Waals surface area contributed by atoms with Crippen molar-refractivity contribution in [2.24, 2.45) is 0 Å². The van der Waals surface area contributed by atoms with Crippen LogP contribution in [-0.4, -0.2) is 46.6 Å². The largest absolute Gasteiger partial charge is 0.383 e. The normalized spacial score (nSPS) is 14.0. The van der Waals surface area contributed by atoms with E-state index in [-0.39, 0.29) is 5.91 Å². The molecule has 8 nitrogen and oxygen atoms in total. The van der Waals surface area contributed by atoms with E-state index in [0.717, 1.165) is 54.2 Å². The SMILES string of the molecule is CC(=O)Nc1cn2cc(-c3cnc(N)c(-c4ccc(N5CCOCC5)cc4)c3)ccc2n1. The predicted molar refractivity (Wildman–Crippen MR) is 126 cm³/mol. The van der Waals surface area contributed by atoms with Gasteiger partial charge in [0.05, 0.1) is 19.4 Å². The summed E-state index contributed by atoms with van der Waals surface area (Å²) < 4.78 is 7.32. The van der Waals surface area contributed by atoms with Crippen LogP contribution in [0.15, 0.2) is 61.1 Å². The summed E-state index contributed by atoms with van der Waals surface area (Å²) in [5.74, 6) is 0.858. The molecule has 3 N–H and O–H groups in total. The van der Waals surface area contributed by atoms with Gasteiger partial charge in [-0.1, -0.05) is 12.1 Å². The maximum absolute atomic E-state index is 11.3. The molecule has 0 saturated carbocycles. The molecule has 162 valence electrons. The maximum atomic E-state index is 11.3. The molecule has 0 radical (unpaired) electrons. The van der Waals surface area contributed by atoms with E-state index in [9.17, 15) is 4.79 Å². The van der Waals surface area contributed by atoms with Gasteiger partial charge in [0.1, 0.15) is 11.5 Å². The number of hydrogen-bond acceptors (Lipinski definition) is 6. The number of imidazole rings is 1. The minimum atomic E-state index is -0.152. The molecule has 8 heteroatoms. The van der Waals surface area contributed by atoms with Crippen molar-refractivity contribution in [3.05, 3.63) is 61.1 Å². The quantitative estimate of drug-likeness (QED) is 0.517. The molecule has 32 heavy (non-hydrogen) atoms. The Labute approximate surface area is 185 Å². The number of anilines is 3. The minimum absolute atomic E-state index is 0.152. The highest BCUT2D eigenvalue weighted by molar-refractivity contribution is 5.88. The van der Waals surface area contributed by atoms with E-state index in [1.165, 1.54) is 12.6 Å². The van der Waals surface area contributed by atoms with Gasteiger partial charge in [-0.15, -0.1) is 0 Å². The van der Waals surface area contributed by atoms with Crippen LogP contribution in [0.1, 0.15) is 6.92 Å². The first-order chi connectivity index (χ1) is 15.6. The van der Waals surface area contributed by atoms with Crippen molar-refractivity contribution in [3.8, 4) is 22.3 Å². The summed E-state index contributed by atoms with van der Waals surface area (Å²) >= 11 is 0. The van der Waals surface area contributed by atoms with Crippen LogP contribution in [0.3, 0.4) is 0 Å². The highest BCUT2D eigenvalue weighted by Gasteiger charge is 2.13. The summed E-state index contributed by atoms with van der Waals surface area (Å²) in [6.45, 7) is 4.78. The highest BCUT2D eigenvalue weighted by Crippen LogP contribution is 2.31. The fourth-order valence-corrected chi connectivity index (χ4v) is 3.94. The van der Waals surface area contributed by atoms with Gasteiger partial charge in [-0.3, -0.25) is 4.79 Å². The zero-order chi connectivity index (χ0) is 22.1. The first-order valence-electron chi connectivity index (χ1n) is 10.5. The molecule has 1 aliphatic rings. The number of fused-ring (bicyclic) bond motifs is 1. The zero-order valence-corrected chi connectivity index (χ0v) is 17.8. The van der Waals surface area contributed by atoms with E-state index in [0.29, 0.717) is 11.6 Å². The Morgan fingerprint density at radius 1 is 1.03 bits per heavy atom. The van der Waals surface area contributed by atoms with Crippen molar-refractivity contribution < 1.29 is 9.53 Å². The average Bonchev–Trinajstić information content (AvgIpc) is 3.21. The Balaban J connectivity index is 1.45. The molecule has 1 saturated heterocycles. The second kappa shape index (κ2) is 8.32. The van der Waals surface area contributed by atoms with Crippen molar-refractivity contribution >= 4 is 28.9 Å². The summed E-state index contributed by atoms with van der Waals surface area (Å²) in [5, 5.41) is 2.71. The van der Waals surface area contributed by atoms with Crippen LogP contribution in [0.25, 0.3) is 27.9 Å². The zero-order valence-electron chi connectivity index (χ0n) is 17.8. The lowest BCUT2D eigenvalue weighted by atomic mass is 10.0. The molecule has 0 spiro atoms. The summed E-state index contributed by atoms with van der Waals surface area (Å²) in [6.07, 6.45) is 5.52. The number of aromatic nitrogens is 3. The number of hydrogen-bond donors (Lipinski definition) is 2. The molecule has 0 unspecified atom stereocenters. The van der Waals surface area contributed by atoms with Gasteiger partial charge in [0.2, 0.25) is 5.91 Å². The molecule has 0 aliphatic carbocycles. The first-order valence-corrected chi connectivity index (χ1v) is 10.5. The molecule has 1 fully saturated rings. The molecular formula is C24H24N6O2. The lowest BCUT2D eigenvalue weighted by Crippen LogP contribution is -2.36. The molecule has 1 aromatic carbocycles. The third kappa shape index (κ3) is 4.00. The molecule has 0 atom stereocenters. The van der Waals surface area contributed by atoms with Crippen molar-refractivity contribution in [2.75, 3.05) is 42.3 Å². The number of nitrogens with two attached hydrogens (primary N) is 1. The number of morpholine rings is 1. The number of amides is 1. The van der Waals surface area contributed by atoms with Gasteiger partial charge in [0, 0.05) is 54.8 Å². The third-order valence-corrected chi connectivity index (χ3v) is 5.56. The second-order valence-corrected chi connectivity index (χ2v) is 7.79. The number of ether oxygens (including phenoxy) is 1. The molecular weight excluding hydrogens is 404 g/mol. The number of pyridine rings is 2. The minimum Gasteiger partial charge on any atom is -0.383 e. The Bertz CT molecular complexity index is 1280. The Morgan fingerprint density at radius 3 is 2.53 bits per heavy atom. The molecule has 0 bridgehead atoms. The number of carbonyl (C=O) groups excluding carboxylic acids is 1. The number of nitrogens with one attached hydrogen (secondary N) is 1. The van der Waals surface area contributed by atoms with E-state index in [1.54, 1.807) is 12.4 Å². The monoisotopic (exact) mass is 428 g/mol. The number of nitrogen functional groups attached to an aromatic ring is 1. The van der Waals surface area contributed by atoms with E-state index >= 15 is 0 Å². The lowest BCUT2D eigenvalue weighted by molar-refractivity contribution is -0.114. The Kier molecular flexibility index (Phi) is 5.20. The molecule has 5 rings (SSSR count). The maximum Gasteiger partial charge on any atom is 0.222 e. The topological polar surface area (TPSA) is 97.8 Å². The van der Waals surface area contributed by atoms with Crippen LogP contribution in [0.5, 0.6) is 0 Å². The summed E-state index contributed by atoms with van der Waals surface area (Å²) in [5.41, 5.74) is 12.0. The third-order valence-electron chi connectivity index (χ3n) is 5.56. The van der Waals surface area contributed by atoms with Crippen molar-refractivity contribution in [1.29, 1.82) is 0 Å². The van der Waals surface area contributed by atoms with Gasteiger partial charge in [-0.05, 0) is 35.9 Å². The van der Waals surface area contributed by atoms with Crippen LogP contribution in [-0.2, 0) is 9.53 Å². The first kappa shape index (κ1) is 20.0. The van der Waals surface area contributed by atoms with Gasteiger partial charge in [0.15, 0.2) is 5.82 Å². The predicted octanol–water partition coefficient (Wildman–Crippen LogP) is 3.44. The smallest absolute Gasteiger partial charge is 0.222 e. The van der Waals surface area contributed by atoms with Crippen LogP contribution in [0, 0.1) is 0 Å². The summed E-state index contributed by atoms with van der Waals surface area (Å²) in [6, 6.07) is 14.4. The van der Waals surface area contributed by atoms with E-state index in [2.05, 4.69) is 50.5 Å². The fraction of sp³-hybridized carbons (Fsp3) is 0.208. The average molecular weight is 428 g/mol. The molecule has 1 amide bonds. The van der Waals surface area contributed by atoms with E-state index in [1.807, 2.05) is 22.7 Å². The highest BCUT2D eigenvalue weighted by atomic mass is 16.5. The molecule has 4 aromatic rings. The summed E-state index contributed by atoms with van der Waals surface area (Å²) in [4.78, 5) is 22.5. The van der Waals surface area contributed by atoms with Gasteiger partial charge < -0.3 is 25.1 Å². The van der Waals surface area contributed by atoms with Gasteiger partial charge in [-0.25, -0.2) is 9.97 Å². The molecule has 3 aromatic heterocycles. The van der Waals surface area contributed by atoms with Crippen molar-refractivity contribution in [2.45, 2.75) is 6.92 Å². The fourth-order valence-electron chi connectivity index (χ4n) is 3.94. The van der Waals surface area contributed by atoms with Gasteiger partial charge >= 0.3 is 0 Å². The Morgan fingerprint density at radius 2 is 1.78 bits per heavy atom. The van der Waals surface area contributed by atoms with Crippen LogP contribution < -0.4 is 16.0 Å². The molecule has 4 heterocycles. The number of rotatable bonds is 4. The van der Waals surface area contributed by atoms with Crippen molar-refractivity contribution in [1.82, 2.24) is 14.4 Å². The van der Waals surface area contributed by atoms with Gasteiger partial charge in [-0.2, -0.15) is 0 Å². The van der Waals surface area contributed by atoms with E-state index < -0.39 is 0 Å². The van der Waals surface area contributed by atoms with Crippen LogP contribution >= 0.6 is 0 Å². The number of carbonyl (C=O) groups is 1. The van der Waals surface area contributed by atoms with Gasteiger partial charge in [0.25, 0.3) is 0 Å². The summed E-state index contributed by atoms with van der Waals surface area (Å²) in [7, 11) is 0.